The number of rotatable bonds is 6. The topological polar surface area (TPSA) is 81.1 Å². The first kappa shape index (κ1) is 16.4. The summed E-state index contributed by atoms with van der Waals surface area (Å²) in [4.78, 5) is 16.5. The minimum absolute atomic E-state index is 0.310. The molecule has 0 radical (unpaired) electrons. The summed E-state index contributed by atoms with van der Waals surface area (Å²) >= 11 is 1.53. The fraction of sp³-hybridized carbons (Fsp3) is 0.500. The molecule has 0 bridgehead atoms. The van der Waals surface area contributed by atoms with Crippen LogP contribution in [0.3, 0.4) is 0 Å². The maximum atomic E-state index is 12.1. The number of urea groups is 1. The Labute approximate surface area is 133 Å². The summed E-state index contributed by atoms with van der Waals surface area (Å²) in [5, 5.41) is 12.7. The second-order valence-electron chi connectivity index (χ2n) is 5.46. The van der Waals surface area contributed by atoms with Gasteiger partial charge in [-0.25, -0.2) is 9.78 Å². The number of carbonyl (C=O) groups is 1. The van der Waals surface area contributed by atoms with Crippen LogP contribution >= 0.6 is 11.3 Å². The van der Waals surface area contributed by atoms with Crippen molar-refractivity contribution in [2.24, 2.45) is 0 Å². The van der Waals surface area contributed by atoms with Crippen molar-refractivity contribution in [1.82, 2.24) is 20.1 Å². The van der Waals surface area contributed by atoms with Gasteiger partial charge < -0.3 is 10.1 Å². The molecule has 2 aromatic rings. The lowest BCUT2D eigenvalue weighted by atomic mass is 10.1. The Balaban J connectivity index is 1.93. The minimum Gasteiger partial charge on any atom is -0.383 e. The van der Waals surface area contributed by atoms with Crippen LogP contribution in [0.1, 0.15) is 24.5 Å². The molecule has 0 atom stereocenters. The molecule has 2 aromatic heterocycles. The molecule has 2 N–H and O–H groups in total. The van der Waals surface area contributed by atoms with Crippen LogP contribution in [0.4, 0.5) is 10.6 Å². The molecule has 0 saturated carbocycles. The number of thiazole rings is 1. The molecular weight excluding hydrogens is 302 g/mol. The Hall–Kier alpha value is -1.93. The van der Waals surface area contributed by atoms with E-state index in [0.717, 1.165) is 10.7 Å². The highest BCUT2D eigenvalue weighted by Gasteiger charge is 2.26. The van der Waals surface area contributed by atoms with Gasteiger partial charge in [0.15, 0.2) is 5.82 Å². The fourth-order valence-corrected chi connectivity index (χ4v) is 2.74. The van der Waals surface area contributed by atoms with Gasteiger partial charge in [-0.3, -0.25) is 10.00 Å². The van der Waals surface area contributed by atoms with Crippen molar-refractivity contribution < 1.29 is 9.53 Å². The van der Waals surface area contributed by atoms with Gasteiger partial charge in [-0.15, -0.1) is 11.3 Å². The van der Waals surface area contributed by atoms with Crippen molar-refractivity contribution in [3.8, 4) is 0 Å². The second kappa shape index (κ2) is 6.89. The van der Waals surface area contributed by atoms with E-state index in [2.05, 4.69) is 20.7 Å². The van der Waals surface area contributed by atoms with Crippen molar-refractivity contribution in [2.75, 3.05) is 19.0 Å². The summed E-state index contributed by atoms with van der Waals surface area (Å²) in [6.07, 6.45) is 1.80. The van der Waals surface area contributed by atoms with Crippen LogP contribution < -0.4 is 10.6 Å². The lowest BCUT2D eigenvalue weighted by Gasteiger charge is -2.23. The molecule has 22 heavy (non-hydrogen) atoms. The third kappa shape index (κ3) is 4.28. The van der Waals surface area contributed by atoms with E-state index in [1.54, 1.807) is 24.1 Å². The lowest BCUT2D eigenvalue weighted by Crippen LogP contribution is -2.43. The van der Waals surface area contributed by atoms with Crippen LogP contribution in [0.2, 0.25) is 0 Å². The number of nitrogens with one attached hydrogen (secondary N) is 2. The lowest BCUT2D eigenvalue weighted by molar-refractivity contribution is 0.183. The van der Waals surface area contributed by atoms with E-state index >= 15 is 0 Å². The van der Waals surface area contributed by atoms with Gasteiger partial charge in [0.1, 0.15) is 5.01 Å². The molecule has 2 heterocycles. The zero-order valence-electron chi connectivity index (χ0n) is 13.2. The van der Waals surface area contributed by atoms with Crippen molar-refractivity contribution in [2.45, 2.75) is 32.9 Å². The quantitative estimate of drug-likeness (QED) is 0.855. The number of aromatic nitrogens is 3. The molecule has 0 aliphatic heterocycles. The van der Waals surface area contributed by atoms with Gasteiger partial charge in [0.25, 0.3) is 0 Å². The first-order chi connectivity index (χ1) is 10.4. The van der Waals surface area contributed by atoms with E-state index in [1.807, 2.05) is 26.2 Å². The third-order valence-electron chi connectivity index (χ3n) is 2.99. The molecule has 0 aliphatic carbocycles. The van der Waals surface area contributed by atoms with Gasteiger partial charge in [-0.2, -0.15) is 5.10 Å². The molecule has 0 spiro atoms. The van der Waals surface area contributed by atoms with E-state index in [0.29, 0.717) is 19.0 Å². The highest BCUT2D eigenvalue weighted by atomic mass is 32.1. The van der Waals surface area contributed by atoms with Crippen LogP contribution in [0, 0.1) is 6.92 Å². The zero-order valence-corrected chi connectivity index (χ0v) is 14.0. The summed E-state index contributed by atoms with van der Waals surface area (Å²) < 4.78 is 6.70. The Bertz CT molecular complexity index is 635. The average molecular weight is 323 g/mol. The Morgan fingerprint density at radius 2 is 2.27 bits per heavy atom. The fourth-order valence-electron chi connectivity index (χ4n) is 1.86. The van der Waals surface area contributed by atoms with Crippen LogP contribution in [-0.2, 0) is 16.8 Å². The number of hydrogen-bond donors (Lipinski definition) is 2. The van der Waals surface area contributed by atoms with Crippen molar-refractivity contribution in [3.05, 3.63) is 28.3 Å². The van der Waals surface area contributed by atoms with Crippen molar-refractivity contribution in [1.29, 1.82) is 0 Å². The molecular formula is C14H21N5O2S. The molecule has 8 heteroatoms. The molecule has 7 nitrogen and oxygen atoms in total. The number of ether oxygens (including phenoxy) is 1. The van der Waals surface area contributed by atoms with Gasteiger partial charge in [-0.1, -0.05) is 0 Å². The summed E-state index contributed by atoms with van der Waals surface area (Å²) in [5.41, 5.74) is 0.411. The average Bonchev–Trinajstić information content (AvgIpc) is 3.05. The third-order valence-corrected chi connectivity index (χ3v) is 4.27. The Morgan fingerprint density at radius 3 is 2.91 bits per heavy atom. The monoisotopic (exact) mass is 323 g/mol. The highest BCUT2D eigenvalue weighted by Crippen LogP contribution is 2.23. The number of methoxy groups -OCH3 is 1. The second-order valence-corrected chi connectivity index (χ2v) is 6.31. The number of aryl methyl sites for hydroxylation is 1. The number of nitrogens with zero attached hydrogens (tertiary/aromatic N) is 3. The molecule has 0 unspecified atom stereocenters. The number of amides is 2. The van der Waals surface area contributed by atoms with E-state index in [1.165, 1.54) is 11.3 Å². The van der Waals surface area contributed by atoms with Crippen LogP contribution in [0.25, 0.3) is 0 Å². The maximum Gasteiger partial charge on any atom is 0.321 e. The van der Waals surface area contributed by atoms with Crippen LogP contribution in [0.5, 0.6) is 0 Å². The molecule has 0 aromatic carbocycles. The number of hydrogen-bond acceptors (Lipinski definition) is 5. The summed E-state index contributed by atoms with van der Waals surface area (Å²) in [6, 6.07) is 1.44. The zero-order chi connectivity index (χ0) is 16.2. The molecule has 120 valence electrons. The largest absolute Gasteiger partial charge is 0.383 e. The predicted octanol–water partition coefficient (Wildman–Crippen LogP) is 2.35. The SMILES string of the molecule is COCCn1ccc(NC(=O)NC(C)(C)c2nc(C)cs2)n1. The molecule has 0 fully saturated rings. The van der Waals surface area contributed by atoms with Gasteiger partial charge in [-0.05, 0) is 20.8 Å². The molecule has 0 aliphatic rings. The van der Waals surface area contributed by atoms with Gasteiger partial charge in [0, 0.05) is 30.4 Å². The Morgan fingerprint density at radius 1 is 1.50 bits per heavy atom. The first-order valence-electron chi connectivity index (χ1n) is 6.95. The van der Waals surface area contributed by atoms with E-state index < -0.39 is 5.54 Å². The van der Waals surface area contributed by atoms with E-state index in [4.69, 9.17) is 4.74 Å². The molecule has 0 saturated heterocycles. The van der Waals surface area contributed by atoms with E-state index in [-0.39, 0.29) is 6.03 Å². The highest BCUT2D eigenvalue weighted by molar-refractivity contribution is 7.09. The van der Waals surface area contributed by atoms with Crippen molar-refractivity contribution in [3.63, 3.8) is 0 Å². The Kier molecular flexibility index (Phi) is 5.15. The van der Waals surface area contributed by atoms with Gasteiger partial charge in [0.2, 0.25) is 0 Å². The first-order valence-corrected chi connectivity index (χ1v) is 7.83. The molecule has 2 amide bonds. The maximum absolute atomic E-state index is 12.1. The smallest absolute Gasteiger partial charge is 0.321 e. The summed E-state index contributed by atoms with van der Waals surface area (Å²) in [5.74, 6) is 0.500. The standard InChI is InChI=1S/C14H21N5O2S/c1-10-9-22-12(15-10)14(2,3)17-13(20)16-11-5-6-19(18-11)7-8-21-4/h5-6,9H,7-8H2,1-4H3,(H2,16,17,18,20). The minimum atomic E-state index is -0.540. The van der Waals surface area contributed by atoms with Gasteiger partial charge in [0.05, 0.1) is 18.7 Å². The van der Waals surface area contributed by atoms with Crippen LogP contribution in [-0.4, -0.2) is 34.5 Å². The normalized spacial score (nSPS) is 11.5. The predicted molar refractivity (Wildman–Crippen MR) is 86.1 cm³/mol. The van der Waals surface area contributed by atoms with E-state index in [9.17, 15) is 4.79 Å². The summed E-state index contributed by atoms with van der Waals surface area (Å²) in [7, 11) is 1.64. The molecule has 2 rings (SSSR count). The number of carbonyl (C=O) groups excluding carboxylic acids is 1. The van der Waals surface area contributed by atoms with Crippen LogP contribution in [0.15, 0.2) is 17.6 Å². The summed E-state index contributed by atoms with van der Waals surface area (Å²) in [6.45, 7) is 6.99. The van der Waals surface area contributed by atoms with Crippen molar-refractivity contribution >= 4 is 23.2 Å². The number of anilines is 1. The van der Waals surface area contributed by atoms with Gasteiger partial charge >= 0.3 is 6.03 Å².